The Labute approximate surface area is 121 Å². The highest BCUT2D eigenvalue weighted by atomic mass is 15.1. The van der Waals surface area contributed by atoms with Crippen LogP contribution in [0.15, 0.2) is 42.7 Å². The Balaban J connectivity index is 1.57. The van der Waals surface area contributed by atoms with Crippen molar-refractivity contribution in [2.45, 2.75) is 32.9 Å². The molecule has 0 spiro atoms. The molecule has 0 radical (unpaired) electrons. The Morgan fingerprint density at radius 2 is 1.80 bits per heavy atom. The molecule has 106 valence electrons. The van der Waals surface area contributed by atoms with Crippen LogP contribution in [0.3, 0.4) is 0 Å². The Hall–Kier alpha value is -1.90. The molecule has 0 bridgehead atoms. The first-order valence-electron chi connectivity index (χ1n) is 7.58. The zero-order valence-corrected chi connectivity index (χ0v) is 12.2. The fourth-order valence-electron chi connectivity index (χ4n) is 2.76. The molecule has 1 fully saturated rings. The van der Waals surface area contributed by atoms with Gasteiger partial charge in [-0.3, -0.25) is 0 Å². The van der Waals surface area contributed by atoms with Crippen LogP contribution in [0.1, 0.15) is 25.3 Å². The number of hydrogen-bond acceptors (Lipinski definition) is 2. The van der Waals surface area contributed by atoms with Crippen LogP contribution in [0, 0.1) is 0 Å². The van der Waals surface area contributed by atoms with Crippen LogP contribution in [0.2, 0.25) is 0 Å². The normalized spacial score (nSPS) is 14.8. The van der Waals surface area contributed by atoms with Crippen molar-refractivity contribution in [3.05, 3.63) is 48.3 Å². The summed E-state index contributed by atoms with van der Waals surface area (Å²) in [6, 6.07) is 11.0. The van der Waals surface area contributed by atoms with Crippen LogP contribution in [-0.2, 0) is 13.1 Å². The summed E-state index contributed by atoms with van der Waals surface area (Å²) in [6.07, 6.45) is 6.99. The summed E-state index contributed by atoms with van der Waals surface area (Å²) >= 11 is 0. The summed E-state index contributed by atoms with van der Waals surface area (Å²) in [5.74, 6) is 0. The number of rotatable bonds is 5. The first-order valence-corrected chi connectivity index (χ1v) is 7.58. The topological polar surface area (TPSA) is 20.2 Å². The number of aromatic nitrogens is 1. The van der Waals surface area contributed by atoms with Crippen LogP contribution in [0.5, 0.6) is 0 Å². The zero-order chi connectivity index (χ0) is 13.8. The summed E-state index contributed by atoms with van der Waals surface area (Å²) in [5.41, 5.74) is 3.87. The Bertz CT molecular complexity index is 536. The SMILES string of the molecule is CCn1ccc(CNc2ccc(N3CCCC3)cc2)c1. The molecule has 1 N–H and O–H groups in total. The van der Waals surface area contributed by atoms with E-state index in [4.69, 9.17) is 0 Å². The van der Waals surface area contributed by atoms with E-state index in [1.807, 2.05) is 0 Å². The van der Waals surface area contributed by atoms with E-state index in [1.165, 1.54) is 42.9 Å². The molecule has 3 nitrogen and oxygen atoms in total. The van der Waals surface area contributed by atoms with Crippen LogP contribution in [0.25, 0.3) is 0 Å². The summed E-state index contributed by atoms with van der Waals surface area (Å²) in [4.78, 5) is 2.46. The lowest BCUT2D eigenvalue weighted by Crippen LogP contribution is -2.17. The number of hydrogen-bond donors (Lipinski definition) is 1. The highest BCUT2D eigenvalue weighted by Crippen LogP contribution is 2.22. The van der Waals surface area contributed by atoms with Gasteiger partial charge < -0.3 is 14.8 Å². The van der Waals surface area contributed by atoms with Crippen molar-refractivity contribution < 1.29 is 0 Å². The van der Waals surface area contributed by atoms with Crippen molar-refractivity contribution in [3.63, 3.8) is 0 Å². The smallest absolute Gasteiger partial charge is 0.0415 e. The van der Waals surface area contributed by atoms with Gasteiger partial charge in [-0.2, -0.15) is 0 Å². The van der Waals surface area contributed by atoms with Crippen molar-refractivity contribution in [1.29, 1.82) is 0 Å². The first-order chi connectivity index (χ1) is 9.85. The molecule has 2 heterocycles. The Kier molecular flexibility index (Phi) is 3.95. The van der Waals surface area contributed by atoms with Gasteiger partial charge in [0.25, 0.3) is 0 Å². The van der Waals surface area contributed by atoms with E-state index >= 15 is 0 Å². The maximum atomic E-state index is 3.48. The van der Waals surface area contributed by atoms with Crippen LogP contribution in [0.4, 0.5) is 11.4 Å². The number of benzene rings is 1. The standard InChI is InChI=1S/C17H23N3/c1-2-19-12-9-15(14-19)13-18-16-5-7-17(8-6-16)20-10-3-4-11-20/h5-9,12,14,18H,2-4,10-11,13H2,1H3. The second kappa shape index (κ2) is 6.04. The minimum Gasteiger partial charge on any atom is -0.381 e. The fourth-order valence-corrected chi connectivity index (χ4v) is 2.76. The molecule has 1 aromatic heterocycles. The van der Waals surface area contributed by atoms with E-state index in [9.17, 15) is 0 Å². The van der Waals surface area contributed by atoms with E-state index in [2.05, 4.69) is 64.4 Å². The van der Waals surface area contributed by atoms with Gasteiger partial charge in [-0.1, -0.05) is 0 Å². The highest BCUT2D eigenvalue weighted by Gasteiger charge is 2.11. The molecule has 0 atom stereocenters. The molecular formula is C17H23N3. The molecule has 0 saturated carbocycles. The van der Waals surface area contributed by atoms with Gasteiger partial charge in [0.15, 0.2) is 0 Å². The predicted molar refractivity (Wildman–Crippen MR) is 85.3 cm³/mol. The minimum absolute atomic E-state index is 0.885. The largest absolute Gasteiger partial charge is 0.381 e. The quantitative estimate of drug-likeness (QED) is 0.892. The number of aryl methyl sites for hydroxylation is 1. The first kappa shape index (κ1) is 13.1. The lowest BCUT2D eigenvalue weighted by Gasteiger charge is -2.17. The predicted octanol–water partition coefficient (Wildman–Crippen LogP) is 3.72. The van der Waals surface area contributed by atoms with Gasteiger partial charge >= 0.3 is 0 Å². The van der Waals surface area contributed by atoms with Crippen LogP contribution < -0.4 is 10.2 Å². The van der Waals surface area contributed by atoms with Crippen molar-refractivity contribution in [2.75, 3.05) is 23.3 Å². The third kappa shape index (κ3) is 2.98. The van der Waals surface area contributed by atoms with E-state index in [0.29, 0.717) is 0 Å². The molecular weight excluding hydrogens is 246 g/mol. The third-order valence-electron chi connectivity index (χ3n) is 4.01. The Morgan fingerprint density at radius 3 is 2.45 bits per heavy atom. The summed E-state index contributed by atoms with van der Waals surface area (Å²) in [6.45, 7) is 6.49. The average molecular weight is 269 g/mol. The van der Waals surface area contributed by atoms with Gasteiger partial charge in [0.2, 0.25) is 0 Å². The van der Waals surface area contributed by atoms with Gasteiger partial charge in [-0.15, -0.1) is 0 Å². The number of anilines is 2. The van der Waals surface area contributed by atoms with Crippen LogP contribution in [-0.4, -0.2) is 17.7 Å². The molecule has 1 aromatic carbocycles. The molecule has 20 heavy (non-hydrogen) atoms. The zero-order valence-electron chi connectivity index (χ0n) is 12.2. The second-order valence-corrected chi connectivity index (χ2v) is 5.44. The van der Waals surface area contributed by atoms with Gasteiger partial charge in [-0.05, 0) is 55.7 Å². The average Bonchev–Trinajstić information content (AvgIpc) is 3.17. The van der Waals surface area contributed by atoms with E-state index in [1.54, 1.807) is 0 Å². The molecule has 1 aliphatic rings. The minimum atomic E-state index is 0.885. The summed E-state index contributed by atoms with van der Waals surface area (Å²) in [5, 5.41) is 3.48. The van der Waals surface area contributed by atoms with E-state index in [0.717, 1.165) is 13.1 Å². The van der Waals surface area contributed by atoms with Crippen molar-refractivity contribution >= 4 is 11.4 Å². The molecule has 0 amide bonds. The Morgan fingerprint density at radius 1 is 1.05 bits per heavy atom. The summed E-state index contributed by atoms with van der Waals surface area (Å²) in [7, 11) is 0. The molecule has 3 rings (SSSR count). The van der Waals surface area contributed by atoms with Crippen molar-refractivity contribution in [3.8, 4) is 0 Å². The second-order valence-electron chi connectivity index (χ2n) is 5.44. The molecule has 0 aliphatic carbocycles. The summed E-state index contributed by atoms with van der Waals surface area (Å²) < 4.78 is 2.20. The molecule has 1 aliphatic heterocycles. The molecule has 0 unspecified atom stereocenters. The van der Waals surface area contributed by atoms with Gasteiger partial charge in [0, 0.05) is 49.9 Å². The third-order valence-corrected chi connectivity index (χ3v) is 4.01. The fraction of sp³-hybridized carbons (Fsp3) is 0.412. The van der Waals surface area contributed by atoms with E-state index in [-0.39, 0.29) is 0 Å². The molecule has 1 saturated heterocycles. The lowest BCUT2D eigenvalue weighted by molar-refractivity contribution is 0.766. The molecule has 2 aromatic rings. The van der Waals surface area contributed by atoms with Crippen molar-refractivity contribution in [2.24, 2.45) is 0 Å². The number of nitrogens with zero attached hydrogens (tertiary/aromatic N) is 2. The monoisotopic (exact) mass is 269 g/mol. The highest BCUT2D eigenvalue weighted by molar-refractivity contribution is 5.55. The van der Waals surface area contributed by atoms with Gasteiger partial charge in [-0.25, -0.2) is 0 Å². The molecule has 3 heteroatoms. The number of nitrogens with one attached hydrogen (secondary N) is 1. The van der Waals surface area contributed by atoms with Crippen molar-refractivity contribution in [1.82, 2.24) is 4.57 Å². The maximum Gasteiger partial charge on any atom is 0.0415 e. The lowest BCUT2D eigenvalue weighted by atomic mass is 10.2. The van der Waals surface area contributed by atoms with Gasteiger partial charge in [0.05, 0.1) is 0 Å². The van der Waals surface area contributed by atoms with E-state index < -0.39 is 0 Å². The van der Waals surface area contributed by atoms with Gasteiger partial charge in [0.1, 0.15) is 0 Å². The van der Waals surface area contributed by atoms with Crippen LogP contribution >= 0.6 is 0 Å². The maximum absolute atomic E-state index is 3.48.